The van der Waals surface area contributed by atoms with Crippen LogP contribution in [-0.4, -0.2) is 12.3 Å². The van der Waals surface area contributed by atoms with Gasteiger partial charge in [0.25, 0.3) is 0 Å². The Kier molecular flexibility index (Phi) is 12.4. The van der Waals surface area contributed by atoms with Crippen LogP contribution in [0.15, 0.2) is 35.9 Å². The maximum atomic E-state index is 12.8. The van der Waals surface area contributed by atoms with Crippen molar-refractivity contribution in [1.82, 2.24) is 0 Å². The van der Waals surface area contributed by atoms with Crippen LogP contribution in [0.2, 0.25) is 0 Å². The summed E-state index contributed by atoms with van der Waals surface area (Å²) in [5.41, 5.74) is 3.67. The zero-order chi connectivity index (χ0) is 32.7. The lowest BCUT2D eigenvalue weighted by atomic mass is 9.47. The zero-order valence-electron chi connectivity index (χ0n) is 30.6. The van der Waals surface area contributed by atoms with Gasteiger partial charge >= 0.3 is 6.16 Å². The summed E-state index contributed by atoms with van der Waals surface area (Å²) in [7, 11) is 0. The summed E-state index contributed by atoms with van der Waals surface area (Å²) >= 11 is 0. The first-order chi connectivity index (χ1) is 22.1. The highest BCUT2D eigenvalue weighted by atomic mass is 16.7. The Bertz CT molecular complexity index is 1140. The van der Waals surface area contributed by atoms with E-state index < -0.39 is 6.16 Å². The lowest BCUT2D eigenvalue weighted by Crippen LogP contribution is -2.51. The van der Waals surface area contributed by atoms with Crippen LogP contribution in [0.25, 0.3) is 0 Å². The molecular weight excluding hydrogens is 564 g/mol. The SMILES string of the molecule is CCCCCCCCCc1ccc(OC(=O)O[C@@H]2CC[C@@]3(C)C(=CC[C@H]4[C@@H]5CC[C@H]([C@H](C)CCCC(C)C)[C@@]5(C)CC[C@@H]43)C2)cc1. The molecular formula is C43H68O3. The second kappa shape index (κ2) is 16.1. The highest BCUT2D eigenvalue weighted by Crippen LogP contribution is 2.67. The first-order valence-corrected chi connectivity index (χ1v) is 19.8. The van der Waals surface area contributed by atoms with Crippen molar-refractivity contribution in [2.75, 3.05) is 0 Å². The predicted octanol–water partition coefficient (Wildman–Crippen LogP) is 12.9. The minimum atomic E-state index is -0.546. The van der Waals surface area contributed by atoms with Crippen LogP contribution >= 0.6 is 0 Å². The van der Waals surface area contributed by atoms with Crippen LogP contribution in [0.3, 0.4) is 0 Å². The lowest BCUT2D eigenvalue weighted by molar-refractivity contribution is -0.0597. The zero-order valence-corrected chi connectivity index (χ0v) is 30.6. The molecule has 0 unspecified atom stereocenters. The first kappa shape index (κ1) is 35.5. The molecule has 0 aromatic heterocycles. The predicted molar refractivity (Wildman–Crippen MR) is 192 cm³/mol. The number of rotatable bonds is 15. The van der Waals surface area contributed by atoms with Crippen molar-refractivity contribution in [2.45, 2.75) is 170 Å². The molecule has 1 aromatic rings. The molecule has 3 heteroatoms. The number of fused-ring (bicyclic) bond motifs is 5. The van der Waals surface area contributed by atoms with Gasteiger partial charge in [-0.1, -0.05) is 123 Å². The van der Waals surface area contributed by atoms with E-state index in [2.05, 4.69) is 59.8 Å². The van der Waals surface area contributed by atoms with Crippen molar-refractivity contribution in [3.05, 3.63) is 41.5 Å². The fourth-order valence-electron chi connectivity index (χ4n) is 11.0. The molecule has 46 heavy (non-hydrogen) atoms. The van der Waals surface area contributed by atoms with Crippen molar-refractivity contribution in [3.8, 4) is 5.75 Å². The molecule has 3 saturated carbocycles. The van der Waals surface area contributed by atoms with Crippen molar-refractivity contribution < 1.29 is 14.3 Å². The fourth-order valence-corrected chi connectivity index (χ4v) is 11.0. The van der Waals surface area contributed by atoms with Gasteiger partial charge in [-0.15, -0.1) is 0 Å². The fraction of sp³-hybridized carbons (Fsp3) is 0.791. The topological polar surface area (TPSA) is 35.5 Å². The normalized spacial score (nSPS) is 32.7. The molecule has 0 radical (unpaired) electrons. The van der Waals surface area contributed by atoms with Gasteiger partial charge in [-0.25, -0.2) is 4.79 Å². The number of carbonyl (C=O) groups is 1. The number of hydrogen-bond donors (Lipinski definition) is 0. The van der Waals surface area contributed by atoms with E-state index in [9.17, 15) is 4.79 Å². The molecule has 3 nitrogen and oxygen atoms in total. The summed E-state index contributed by atoms with van der Waals surface area (Å²) in [6.07, 6.45) is 26.4. The van der Waals surface area contributed by atoms with Crippen LogP contribution < -0.4 is 4.74 Å². The summed E-state index contributed by atoms with van der Waals surface area (Å²) in [6, 6.07) is 8.06. The Morgan fingerprint density at radius 3 is 2.33 bits per heavy atom. The molecule has 1 aromatic carbocycles. The molecule has 0 spiro atoms. The van der Waals surface area contributed by atoms with E-state index in [0.29, 0.717) is 11.2 Å². The standard InChI is InChI=1S/C43H68O3/c1-7-8-9-10-11-12-13-17-33-18-21-35(22-19-33)45-41(44)46-36-26-28-42(5)34(30-36)20-23-37-39-25-24-38(32(4)16-14-15-31(2)3)43(39,6)29-27-40(37)42/h18-22,31-32,36-40H,7-17,23-30H2,1-6H3/t32-,36-,37+,38-,39+,40+,42+,43-/m1/s1. The van der Waals surface area contributed by atoms with Crippen molar-refractivity contribution in [3.63, 3.8) is 0 Å². The summed E-state index contributed by atoms with van der Waals surface area (Å²) in [5.74, 6) is 5.67. The number of unbranched alkanes of at least 4 members (excludes halogenated alkanes) is 6. The van der Waals surface area contributed by atoms with Gasteiger partial charge in [0, 0.05) is 6.42 Å². The smallest absolute Gasteiger partial charge is 0.430 e. The molecule has 0 amide bonds. The number of aryl methyl sites for hydroxylation is 1. The first-order valence-electron chi connectivity index (χ1n) is 19.8. The molecule has 4 aliphatic carbocycles. The van der Waals surface area contributed by atoms with E-state index in [4.69, 9.17) is 9.47 Å². The highest BCUT2D eigenvalue weighted by molar-refractivity contribution is 5.64. The summed E-state index contributed by atoms with van der Waals surface area (Å²) in [6.45, 7) is 14.8. The maximum absolute atomic E-state index is 12.8. The number of carbonyl (C=O) groups excluding carboxylic acids is 1. The molecule has 3 fully saturated rings. The molecule has 5 rings (SSSR count). The van der Waals surface area contributed by atoms with Gasteiger partial charge in [-0.05, 0) is 122 Å². The average molecular weight is 633 g/mol. The van der Waals surface area contributed by atoms with Crippen LogP contribution in [0, 0.1) is 46.3 Å². The van der Waals surface area contributed by atoms with E-state index in [1.807, 2.05) is 12.1 Å². The molecule has 0 bridgehead atoms. The maximum Gasteiger partial charge on any atom is 0.514 e. The van der Waals surface area contributed by atoms with Gasteiger partial charge in [-0.3, -0.25) is 0 Å². The van der Waals surface area contributed by atoms with E-state index in [1.54, 1.807) is 5.57 Å². The molecule has 0 N–H and O–H groups in total. The number of hydrogen-bond acceptors (Lipinski definition) is 3. The van der Waals surface area contributed by atoms with Crippen molar-refractivity contribution in [1.29, 1.82) is 0 Å². The van der Waals surface area contributed by atoms with E-state index in [0.717, 1.165) is 61.2 Å². The molecule has 4 aliphatic rings. The Morgan fingerprint density at radius 2 is 1.59 bits per heavy atom. The number of allylic oxidation sites excluding steroid dienone is 1. The molecule has 258 valence electrons. The minimum absolute atomic E-state index is 0.0728. The van der Waals surface area contributed by atoms with E-state index in [-0.39, 0.29) is 11.5 Å². The van der Waals surface area contributed by atoms with E-state index >= 15 is 0 Å². The van der Waals surface area contributed by atoms with Crippen molar-refractivity contribution in [2.24, 2.45) is 46.3 Å². The van der Waals surface area contributed by atoms with Gasteiger partial charge in [0.15, 0.2) is 0 Å². The monoisotopic (exact) mass is 633 g/mol. The largest absolute Gasteiger partial charge is 0.514 e. The van der Waals surface area contributed by atoms with Gasteiger partial charge in [0.1, 0.15) is 11.9 Å². The van der Waals surface area contributed by atoms with Gasteiger partial charge < -0.3 is 9.47 Å². The van der Waals surface area contributed by atoms with Crippen molar-refractivity contribution >= 4 is 6.16 Å². The molecule has 0 heterocycles. The van der Waals surface area contributed by atoms with Crippen LogP contribution in [0.1, 0.15) is 163 Å². The third kappa shape index (κ3) is 8.26. The van der Waals surface area contributed by atoms with Crippen LogP contribution in [0.5, 0.6) is 5.75 Å². The van der Waals surface area contributed by atoms with Crippen LogP contribution in [0.4, 0.5) is 4.79 Å². The van der Waals surface area contributed by atoms with Gasteiger partial charge in [0.05, 0.1) is 0 Å². The number of ether oxygens (including phenoxy) is 2. The quantitative estimate of drug-likeness (QED) is 0.0835. The van der Waals surface area contributed by atoms with Gasteiger partial charge in [0.2, 0.25) is 0 Å². The Labute approximate surface area is 283 Å². The molecule has 0 aliphatic heterocycles. The third-order valence-electron chi connectivity index (χ3n) is 13.7. The molecule has 8 atom stereocenters. The Balaban J connectivity index is 1.09. The third-order valence-corrected chi connectivity index (χ3v) is 13.7. The summed E-state index contributed by atoms with van der Waals surface area (Å²) in [5, 5.41) is 0. The van der Waals surface area contributed by atoms with Crippen LogP contribution in [-0.2, 0) is 11.2 Å². The summed E-state index contributed by atoms with van der Waals surface area (Å²) in [4.78, 5) is 12.8. The second-order valence-electron chi connectivity index (χ2n) is 17.1. The highest BCUT2D eigenvalue weighted by Gasteiger charge is 2.59. The second-order valence-corrected chi connectivity index (χ2v) is 17.1. The Morgan fingerprint density at radius 1 is 0.848 bits per heavy atom. The minimum Gasteiger partial charge on any atom is -0.430 e. The Hall–Kier alpha value is -1.77. The average Bonchev–Trinajstić information content (AvgIpc) is 3.38. The number of benzene rings is 1. The molecule has 0 saturated heterocycles. The van der Waals surface area contributed by atoms with Gasteiger partial charge in [-0.2, -0.15) is 0 Å². The summed E-state index contributed by atoms with van der Waals surface area (Å²) < 4.78 is 11.6. The lowest BCUT2D eigenvalue weighted by Gasteiger charge is -2.58. The van der Waals surface area contributed by atoms with E-state index in [1.165, 1.54) is 102 Å².